The summed E-state index contributed by atoms with van der Waals surface area (Å²) in [4.78, 5) is 40.8. The first kappa shape index (κ1) is 18.7. The standard InChI is InChI=1S/C10H18N4O7/c1-3-7-11(8-4-2)9(15)5-6-10(12(16)17,13(18)19)14(20)21/h3-8H2,1-2H3. The summed E-state index contributed by atoms with van der Waals surface area (Å²) in [5.41, 5.74) is 0. The lowest BCUT2D eigenvalue weighted by molar-refractivity contribution is -0.970. The van der Waals surface area contributed by atoms with Crippen molar-refractivity contribution in [3.63, 3.8) is 0 Å². The zero-order valence-electron chi connectivity index (χ0n) is 11.9. The van der Waals surface area contributed by atoms with Gasteiger partial charge in [-0.2, -0.15) is 0 Å². The van der Waals surface area contributed by atoms with Crippen molar-refractivity contribution in [1.82, 2.24) is 4.90 Å². The van der Waals surface area contributed by atoms with E-state index in [1.165, 1.54) is 4.90 Å². The van der Waals surface area contributed by atoms with Crippen LogP contribution in [0.25, 0.3) is 0 Å². The number of carbonyl (C=O) groups is 1. The van der Waals surface area contributed by atoms with Crippen LogP contribution in [0.2, 0.25) is 0 Å². The van der Waals surface area contributed by atoms with Gasteiger partial charge in [-0.3, -0.25) is 35.1 Å². The molecule has 0 rings (SSSR count). The average Bonchev–Trinajstić information content (AvgIpc) is 2.37. The summed E-state index contributed by atoms with van der Waals surface area (Å²) in [7, 11) is 0. The normalized spacial score (nSPS) is 11.0. The highest BCUT2D eigenvalue weighted by Crippen LogP contribution is 2.20. The zero-order chi connectivity index (χ0) is 16.6. The number of nitrogens with zero attached hydrogens (tertiary/aromatic N) is 4. The van der Waals surface area contributed by atoms with Crippen LogP contribution in [0.15, 0.2) is 0 Å². The number of hydrogen-bond donors (Lipinski definition) is 0. The second-order valence-electron chi connectivity index (χ2n) is 4.43. The number of carbonyl (C=O) groups excluding carboxylic acids is 1. The van der Waals surface area contributed by atoms with Gasteiger partial charge in [-0.25, -0.2) is 0 Å². The molecule has 0 aromatic carbocycles. The van der Waals surface area contributed by atoms with E-state index in [9.17, 15) is 35.1 Å². The van der Waals surface area contributed by atoms with E-state index in [1.807, 2.05) is 13.8 Å². The van der Waals surface area contributed by atoms with Crippen molar-refractivity contribution < 1.29 is 19.6 Å². The molecule has 0 atom stereocenters. The second kappa shape index (κ2) is 8.07. The lowest BCUT2D eigenvalue weighted by Crippen LogP contribution is -2.53. The first-order chi connectivity index (χ1) is 9.73. The van der Waals surface area contributed by atoms with Crippen molar-refractivity contribution >= 4 is 5.91 Å². The minimum absolute atomic E-state index is 0.398. The third-order valence-corrected chi connectivity index (χ3v) is 2.89. The van der Waals surface area contributed by atoms with Gasteiger partial charge < -0.3 is 4.90 Å². The molecule has 0 aromatic rings. The Morgan fingerprint density at radius 3 is 1.62 bits per heavy atom. The molecule has 0 saturated heterocycles. The van der Waals surface area contributed by atoms with Crippen LogP contribution in [-0.2, 0) is 4.79 Å². The summed E-state index contributed by atoms with van der Waals surface area (Å²) in [5.74, 6) is -4.13. The van der Waals surface area contributed by atoms with Crippen molar-refractivity contribution in [2.24, 2.45) is 0 Å². The summed E-state index contributed by atoms with van der Waals surface area (Å²) in [6.45, 7) is 4.45. The lowest BCUT2D eigenvalue weighted by atomic mass is 10.1. The third-order valence-electron chi connectivity index (χ3n) is 2.89. The summed E-state index contributed by atoms with van der Waals surface area (Å²) < 4.78 is 0. The molecule has 0 radical (unpaired) electrons. The van der Waals surface area contributed by atoms with Crippen LogP contribution in [-0.4, -0.2) is 44.5 Å². The second-order valence-corrected chi connectivity index (χ2v) is 4.43. The zero-order valence-corrected chi connectivity index (χ0v) is 11.9. The summed E-state index contributed by atoms with van der Waals surface area (Å²) in [6.07, 6.45) is -0.404. The fourth-order valence-corrected chi connectivity index (χ4v) is 1.81. The van der Waals surface area contributed by atoms with Gasteiger partial charge in [-0.05, 0) is 12.8 Å². The lowest BCUT2D eigenvalue weighted by Gasteiger charge is -2.21. The molecule has 0 fully saturated rings. The van der Waals surface area contributed by atoms with Gasteiger partial charge >= 0.3 is 5.79 Å². The molecule has 11 nitrogen and oxygen atoms in total. The van der Waals surface area contributed by atoms with Crippen molar-refractivity contribution in [1.29, 1.82) is 0 Å². The summed E-state index contributed by atoms with van der Waals surface area (Å²) in [5, 5.41) is 32.2. The Labute approximate surface area is 120 Å². The quantitative estimate of drug-likeness (QED) is 0.330. The maximum absolute atomic E-state index is 11.9. The Morgan fingerprint density at radius 2 is 1.33 bits per heavy atom. The number of amides is 1. The van der Waals surface area contributed by atoms with Crippen molar-refractivity contribution in [3.8, 4) is 0 Å². The van der Waals surface area contributed by atoms with Crippen molar-refractivity contribution in [2.75, 3.05) is 13.1 Å². The largest absolute Gasteiger partial charge is 0.700 e. The Bertz CT molecular complexity index is 384. The molecule has 0 saturated carbocycles. The first-order valence-electron chi connectivity index (χ1n) is 6.45. The van der Waals surface area contributed by atoms with E-state index in [2.05, 4.69) is 0 Å². The number of nitro groups is 3. The topological polar surface area (TPSA) is 150 Å². The highest BCUT2D eigenvalue weighted by atomic mass is 16.7. The molecule has 0 aromatic heterocycles. The fourth-order valence-electron chi connectivity index (χ4n) is 1.81. The molecule has 21 heavy (non-hydrogen) atoms. The van der Waals surface area contributed by atoms with Gasteiger partial charge in [0.25, 0.3) is 0 Å². The Morgan fingerprint density at radius 1 is 0.952 bits per heavy atom. The molecule has 1 amide bonds. The number of hydrogen-bond acceptors (Lipinski definition) is 7. The molecule has 0 bridgehead atoms. The van der Waals surface area contributed by atoms with Gasteiger partial charge in [0.15, 0.2) is 21.2 Å². The van der Waals surface area contributed by atoms with E-state index in [1.54, 1.807) is 0 Å². The van der Waals surface area contributed by atoms with Crippen molar-refractivity contribution in [2.45, 2.75) is 45.3 Å². The van der Waals surface area contributed by atoms with E-state index in [0.29, 0.717) is 25.9 Å². The van der Waals surface area contributed by atoms with Crippen LogP contribution >= 0.6 is 0 Å². The predicted octanol–water partition coefficient (Wildman–Crippen LogP) is 0.899. The highest BCUT2D eigenvalue weighted by molar-refractivity contribution is 5.76. The van der Waals surface area contributed by atoms with Crippen LogP contribution in [0.1, 0.15) is 39.5 Å². The molecular weight excluding hydrogens is 288 g/mol. The Balaban J connectivity index is 5.06. The SMILES string of the molecule is CCCN(CCC)C(=O)CCC([N+](=O)[O-])([N+](=O)[O-])[N+](=O)[O-]. The van der Waals surface area contributed by atoms with Gasteiger partial charge in [-0.1, -0.05) is 13.8 Å². The minimum atomic E-state index is -3.57. The van der Waals surface area contributed by atoms with E-state index in [4.69, 9.17) is 0 Å². The summed E-state index contributed by atoms with van der Waals surface area (Å²) in [6, 6.07) is 0. The van der Waals surface area contributed by atoms with Crippen LogP contribution in [0.4, 0.5) is 0 Å². The molecule has 120 valence electrons. The minimum Gasteiger partial charge on any atom is -0.343 e. The van der Waals surface area contributed by atoms with Crippen LogP contribution in [0, 0.1) is 30.3 Å². The average molecular weight is 306 g/mol. The summed E-state index contributed by atoms with van der Waals surface area (Å²) >= 11 is 0. The monoisotopic (exact) mass is 306 g/mol. The van der Waals surface area contributed by atoms with Gasteiger partial charge in [0.05, 0.1) is 0 Å². The predicted molar refractivity (Wildman–Crippen MR) is 70.1 cm³/mol. The molecule has 0 aliphatic rings. The maximum Gasteiger partial charge on any atom is 0.700 e. The molecule has 0 N–H and O–H groups in total. The molecule has 0 aliphatic carbocycles. The first-order valence-corrected chi connectivity index (χ1v) is 6.45. The van der Waals surface area contributed by atoms with Gasteiger partial charge in [0.2, 0.25) is 5.91 Å². The molecule has 0 aliphatic heterocycles. The Kier molecular flexibility index (Phi) is 7.17. The van der Waals surface area contributed by atoms with E-state index < -0.39 is 39.3 Å². The van der Waals surface area contributed by atoms with Gasteiger partial charge in [0.1, 0.15) is 0 Å². The fraction of sp³-hybridized carbons (Fsp3) is 0.900. The van der Waals surface area contributed by atoms with Crippen LogP contribution in [0.3, 0.4) is 0 Å². The van der Waals surface area contributed by atoms with Crippen molar-refractivity contribution in [3.05, 3.63) is 30.3 Å². The van der Waals surface area contributed by atoms with Crippen LogP contribution < -0.4 is 0 Å². The Hall–Kier alpha value is -2.33. The van der Waals surface area contributed by atoms with Crippen LogP contribution in [0.5, 0.6) is 0 Å². The highest BCUT2D eigenvalue weighted by Gasteiger charge is 2.69. The molecule has 0 unspecified atom stereocenters. The smallest absolute Gasteiger partial charge is 0.343 e. The molecule has 11 heteroatoms. The van der Waals surface area contributed by atoms with Gasteiger partial charge in [-0.15, -0.1) is 0 Å². The maximum atomic E-state index is 11.9. The van der Waals surface area contributed by atoms with E-state index in [0.717, 1.165) is 0 Å². The van der Waals surface area contributed by atoms with Gasteiger partial charge in [0, 0.05) is 19.5 Å². The van der Waals surface area contributed by atoms with E-state index >= 15 is 0 Å². The molecule has 0 spiro atoms. The van der Waals surface area contributed by atoms with E-state index in [-0.39, 0.29) is 0 Å². The number of rotatable bonds is 10. The molecule has 0 heterocycles. The third kappa shape index (κ3) is 4.33. The molecular formula is C10H18N4O7.